The molecule has 0 fully saturated rings. The number of rotatable bonds is 1. The molecule has 0 aliphatic heterocycles. The lowest BCUT2D eigenvalue weighted by Gasteiger charge is -2.19. The van der Waals surface area contributed by atoms with E-state index in [9.17, 15) is 5.11 Å². The molecule has 0 unspecified atom stereocenters. The Morgan fingerprint density at radius 3 is 2.21 bits per heavy atom. The van der Waals surface area contributed by atoms with Crippen molar-refractivity contribution in [2.24, 2.45) is 0 Å². The van der Waals surface area contributed by atoms with Crippen LogP contribution in [0.2, 0.25) is 0 Å². The van der Waals surface area contributed by atoms with Gasteiger partial charge in [0.25, 0.3) is 0 Å². The lowest BCUT2D eigenvalue weighted by molar-refractivity contribution is 0.371. The first-order valence-electron chi connectivity index (χ1n) is 4.32. The monoisotopic (exact) mass is 196 g/mol. The normalized spacial score (nSPS) is 10.6. The van der Waals surface area contributed by atoms with Gasteiger partial charge in [-0.1, -0.05) is 34.3 Å². The van der Waals surface area contributed by atoms with E-state index in [2.05, 4.69) is 20.8 Å². The third-order valence-electron chi connectivity index (χ3n) is 2.05. The summed E-state index contributed by atoms with van der Waals surface area (Å²) in [4.78, 5) is 0. The number of aromatic hydroxyl groups is 1. The molecular weight excluding hydrogens is 176 g/mol. The zero-order valence-electron chi connectivity index (χ0n) is 8.59. The maximum absolute atomic E-state index is 9.38. The Kier molecular flexibility index (Phi) is 3.99. The van der Waals surface area contributed by atoms with Gasteiger partial charge < -0.3 is 9.84 Å². The molecule has 0 atom stereocenters. The summed E-state index contributed by atoms with van der Waals surface area (Å²) in [5.41, 5.74) is 1.24. The molecule has 0 radical (unpaired) electrons. The van der Waals surface area contributed by atoms with Crippen molar-refractivity contribution in [2.75, 3.05) is 7.11 Å². The maximum Gasteiger partial charge on any atom is 0.160 e. The van der Waals surface area contributed by atoms with Crippen molar-refractivity contribution in [3.8, 4) is 11.5 Å². The Balaban J connectivity index is 0.00000169. The fourth-order valence-corrected chi connectivity index (χ4v) is 1.14. The highest BCUT2D eigenvalue weighted by atomic mass is 16.5. The van der Waals surface area contributed by atoms with Gasteiger partial charge in [0.1, 0.15) is 0 Å². The SMILES string of the molecule is C.COc1cc(C(C)(C)C)ccc1O. The second-order valence-corrected chi connectivity index (χ2v) is 4.14. The highest BCUT2D eigenvalue weighted by Gasteiger charge is 2.15. The minimum Gasteiger partial charge on any atom is -0.504 e. The van der Waals surface area contributed by atoms with Crippen LogP contribution in [0, 0.1) is 0 Å². The predicted octanol–water partition coefficient (Wildman–Crippen LogP) is 3.33. The topological polar surface area (TPSA) is 29.5 Å². The first kappa shape index (κ1) is 12.8. The number of benzene rings is 1. The number of ether oxygens (including phenoxy) is 1. The highest BCUT2D eigenvalue weighted by Crippen LogP contribution is 2.31. The lowest BCUT2D eigenvalue weighted by Crippen LogP contribution is -2.10. The van der Waals surface area contributed by atoms with E-state index in [4.69, 9.17) is 4.74 Å². The van der Waals surface area contributed by atoms with E-state index < -0.39 is 0 Å². The van der Waals surface area contributed by atoms with Crippen molar-refractivity contribution < 1.29 is 9.84 Å². The van der Waals surface area contributed by atoms with Crippen LogP contribution in [0.4, 0.5) is 0 Å². The summed E-state index contributed by atoms with van der Waals surface area (Å²) in [6.45, 7) is 6.37. The van der Waals surface area contributed by atoms with Crippen molar-refractivity contribution in [1.29, 1.82) is 0 Å². The minimum atomic E-state index is 0. The molecule has 1 aromatic rings. The fourth-order valence-electron chi connectivity index (χ4n) is 1.14. The lowest BCUT2D eigenvalue weighted by atomic mass is 9.87. The molecule has 0 bridgehead atoms. The average molecular weight is 196 g/mol. The summed E-state index contributed by atoms with van der Waals surface area (Å²) in [5, 5.41) is 9.38. The van der Waals surface area contributed by atoms with Crippen molar-refractivity contribution in [3.63, 3.8) is 0 Å². The molecule has 0 spiro atoms. The van der Waals surface area contributed by atoms with Crippen LogP contribution in [0.1, 0.15) is 33.8 Å². The van der Waals surface area contributed by atoms with Gasteiger partial charge in [0, 0.05) is 0 Å². The smallest absolute Gasteiger partial charge is 0.160 e. The van der Waals surface area contributed by atoms with Gasteiger partial charge in [-0.05, 0) is 23.1 Å². The average Bonchev–Trinajstić information content (AvgIpc) is 2.03. The van der Waals surface area contributed by atoms with Crippen molar-refractivity contribution in [1.82, 2.24) is 0 Å². The predicted molar refractivity (Wildman–Crippen MR) is 60.1 cm³/mol. The van der Waals surface area contributed by atoms with Crippen molar-refractivity contribution in [2.45, 2.75) is 33.6 Å². The second kappa shape index (κ2) is 4.36. The summed E-state index contributed by atoms with van der Waals surface area (Å²) in [6, 6.07) is 5.45. The van der Waals surface area contributed by atoms with Crippen LogP contribution in [-0.4, -0.2) is 12.2 Å². The van der Waals surface area contributed by atoms with Gasteiger partial charge in [-0.15, -0.1) is 0 Å². The number of methoxy groups -OCH3 is 1. The molecule has 0 saturated carbocycles. The van der Waals surface area contributed by atoms with E-state index in [1.807, 2.05) is 12.1 Å². The van der Waals surface area contributed by atoms with Crippen LogP contribution in [-0.2, 0) is 5.41 Å². The van der Waals surface area contributed by atoms with E-state index >= 15 is 0 Å². The van der Waals surface area contributed by atoms with Crippen LogP contribution in [0.15, 0.2) is 18.2 Å². The molecule has 0 saturated heterocycles. The Labute approximate surface area is 86.5 Å². The molecule has 1 aromatic carbocycles. The number of phenols is 1. The molecular formula is C12H20O2. The largest absolute Gasteiger partial charge is 0.504 e. The standard InChI is InChI=1S/C11H16O2.CH4/c1-11(2,3)8-5-6-9(12)10(7-8)13-4;/h5-7,12H,1-4H3;1H4. The summed E-state index contributed by atoms with van der Waals surface area (Å²) >= 11 is 0. The molecule has 1 rings (SSSR count). The summed E-state index contributed by atoms with van der Waals surface area (Å²) in [6.07, 6.45) is 0. The maximum atomic E-state index is 9.38. The summed E-state index contributed by atoms with van der Waals surface area (Å²) in [5.74, 6) is 0.725. The third-order valence-corrected chi connectivity index (χ3v) is 2.05. The molecule has 80 valence electrons. The van der Waals surface area contributed by atoms with Crippen LogP contribution in [0.25, 0.3) is 0 Å². The highest BCUT2D eigenvalue weighted by molar-refractivity contribution is 5.43. The molecule has 0 aliphatic rings. The van der Waals surface area contributed by atoms with Crippen LogP contribution in [0.5, 0.6) is 11.5 Å². The van der Waals surface area contributed by atoms with Crippen LogP contribution >= 0.6 is 0 Å². The second-order valence-electron chi connectivity index (χ2n) is 4.14. The van der Waals surface area contributed by atoms with Gasteiger partial charge >= 0.3 is 0 Å². The fraction of sp³-hybridized carbons (Fsp3) is 0.500. The molecule has 0 heterocycles. The van der Waals surface area contributed by atoms with Crippen LogP contribution in [0.3, 0.4) is 0 Å². The Bertz CT molecular complexity index is 298. The van der Waals surface area contributed by atoms with E-state index in [1.54, 1.807) is 13.2 Å². The Hall–Kier alpha value is -1.18. The number of phenolic OH excluding ortho intramolecular Hbond substituents is 1. The van der Waals surface area contributed by atoms with Gasteiger partial charge in [-0.3, -0.25) is 0 Å². The summed E-state index contributed by atoms with van der Waals surface area (Å²) < 4.78 is 5.03. The Morgan fingerprint density at radius 1 is 1.21 bits per heavy atom. The van der Waals surface area contributed by atoms with Crippen LogP contribution < -0.4 is 4.74 Å². The zero-order chi connectivity index (χ0) is 10.1. The van der Waals surface area contributed by atoms with Gasteiger partial charge in [0.2, 0.25) is 0 Å². The van der Waals surface area contributed by atoms with E-state index in [0.717, 1.165) is 5.56 Å². The molecule has 1 N–H and O–H groups in total. The molecule has 14 heavy (non-hydrogen) atoms. The molecule has 2 heteroatoms. The van der Waals surface area contributed by atoms with Gasteiger partial charge in [-0.25, -0.2) is 0 Å². The van der Waals surface area contributed by atoms with E-state index in [-0.39, 0.29) is 18.6 Å². The Morgan fingerprint density at radius 2 is 1.79 bits per heavy atom. The minimum absolute atomic E-state index is 0. The third kappa shape index (κ3) is 2.66. The zero-order valence-corrected chi connectivity index (χ0v) is 8.59. The van der Waals surface area contributed by atoms with Crippen molar-refractivity contribution in [3.05, 3.63) is 23.8 Å². The van der Waals surface area contributed by atoms with E-state index in [0.29, 0.717) is 5.75 Å². The van der Waals surface area contributed by atoms with E-state index in [1.165, 1.54) is 0 Å². The van der Waals surface area contributed by atoms with Crippen molar-refractivity contribution >= 4 is 0 Å². The van der Waals surface area contributed by atoms with Gasteiger partial charge in [0.05, 0.1) is 7.11 Å². The summed E-state index contributed by atoms with van der Waals surface area (Å²) in [7, 11) is 1.56. The number of hydrogen-bond donors (Lipinski definition) is 1. The molecule has 2 nitrogen and oxygen atoms in total. The first-order valence-corrected chi connectivity index (χ1v) is 4.32. The van der Waals surface area contributed by atoms with Gasteiger partial charge in [0.15, 0.2) is 11.5 Å². The molecule has 0 amide bonds. The van der Waals surface area contributed by atoms with Gasteiger partial charge in [-0.2, -0.15) is 0 Å². The first-order chi connectivity index (χ1) is 5.95. The molecule has 0 aliphatic carbocycles. The molecule has 0 aromatic heterocycles. The quantitative estimate of drug-likeness (QED) is 0.746. The number of hydrogen-bond acceptors (Lipinski definition) is 2.